The highest BCUT2D eigenvalue weighted by Gasteiger charge is 2.24. The zero-order valence-corrected chi connectivity index (χ0v) is 12.8. The van der Waals surface area contributed by atoms with E-state index in [2.05, 4.69) is 41.2 Å². The number of thiophene rings is 1. The van der Waals surface area contributed by atoms with Crippen LogP contribution >= 0.6 is 11.3 Å². The van der Waals surface area contributed by atoms with E-state index in [0.29, 0.717) is 18.5 Å². The van der Waals surface area contributed by atoms with Gasteiger partial charge in [-0.2, -0.15) is 0 Å². The number of carbonyl (C=O) groups is 1. The molecule has 1 aromatic heterocycles. The summed E-state index contributed by atoms with van der Waals surface area (Å²) in [6.45, 7) is 7.61. The quantitative estimate of drug-likeness (QED) is 0.828. The lowest BCUT2D eigenvalue weighted by Gasteiger charge is -2.35. The van der Waals surface area contributed by atoms with Gasteiger partial charge < -0.3 is 4.90 Å². The van der Waals surface area contributed by atoms with E-state index in [1.807, 2.05) is 0 Å². The summed E-state index contributed by atoms with van der Waals surface area (Å²) >= 11 is 1.76. The number of carbonyl (C=O) groups excluding carboxylic acids is 1. The Bertz CT molecular complexity index is 391. The van der Waals surface area contributed by atoms with Crippen LogP contribution < -0.4 is 0 Å². The fraction of sp³-hybridized carbons (Fsp3) is 0.667. The number of rotatable bonds is 5. The van der Waals surface area contributed by atoms with Crippen molar-refractivity contribution in [3.05, 3.63) is 22.4 Å². The Morgan fingerprint density at radius 3 is 3.00 bits per heavy atom. The van der Waals surface area contributed by atoms with Crippen LogP contribution in [0.2, 0.25) is 0 Å². The molecule has 1 amide bonds. The van der Waals surface area contributed by atoms with E-state index < -0.39 is 0 Å². The molecule has 0 radical (unpaired) electrons. The van der Waals surface area contributed by atoms with Gasteiger partial charge in [0.2, 0.25) is 5.91 Å². The third-order valence-corrected chi connectivity index (χ3v) is 4.75. The SMILES string of the molecule is CCN(CC(=O)N1CCCCC1C)Cc1cccs1. The van der Waals surface area contributed by atoms with Gasteiger partial charge >= 0.3 is 0 Å². The van der Waals surface area contributed by atoms with Crippen LogP contribution in [0.4, 0.5) is 0 Å². The first kappa shape index (κ1) is 14.5. The Kier molecular flexibility index (Phi) is 5.40. The Morgan fingerprint density at radius 2 is 2.37 bits per heavy atom. The fourth-order valence-corrected chi connectivity index (χ4v) is 3.40. The van der Waals surface area contributed by atoms with E-state index in [9.17, 15) is 4.79 Å². The second-order valence-electron chi connectivity index (χ2n) is 5.31. The number of amides is 1. The third-order valence-electron chi connectivity index (χ3n) is 3.89. The van der Waals surface area contributed by atoms with E-state index in [-0.39, 0.29) is 0 Å². The van der Waals surface area contributed by atoms with E-state index in [1.54, 1.807) is 11.3 Å². The number of hydrogen-bond donors (Lipinski definition) is 0. The molecular formula is C15H24N2OS. The lowest BCUT2D eigenvalue weighted by Crippen LogP contribution is -2.46. The molecule has 1 aliphatic heterocycles. The maximum Gasteiger partial charge on any atom is 0.236 e. The molecule has 19 heavy (non-hydrogen) atoms. The minimum atomic E-state index is 0.297. The van der Waals surface area contributed by atoms with Crippen LogP contribution in [0.1, 0.15) is 38.0 Å². The van der Waals surface area contributed by atoms with Gasteiger partial charge in [0.25, 0.3) is 0 Å². The van der Waals surface area contributed by atoms with Crippen LogP contribution in [0, 0.1) is 0 Å². The summed E-state index contributed by atoms with van der Waals surface area (Å²) in [5.41, 5.74) is 0. The number of piperidine rings is 1. The van der Waals surface area contributed by atoms with Gasteiger partial charge in [0, 0.05) is 24.0 Å². The summed E-state index contributed by atoms with van der Waals surface area (Å²) < 4.78 is 0. The van der Waals surface area contributed by atoms with Crippen molar-refractivity contribution >= 4 is 17.2 Å². The Labute approximate surface area is 120 Å². The summed E-state index contributed by atoms with van der Waals surface area (Å²) in [7, 11) is 0. The predicted octanol–water partition coefficient (Wildman–Crippen LogP) is 2.97. The normalized spacial score (nSPS) is 19.9. The monoisotopic (exact) mass is 280 g/mol. The molecule has 4 heteroatoms. The fourth-order valence-electron chi connectivity index (χ4n) is 2.65. The molecule has 2 rings (SSSR count). The van der Waals surface area contributed by atoms with Crippen molar-refractivity contribution in [3.8, 4) is 0 Å². The molecule has 3 nitrogen and oxygen atoms in total. The van der Waals surface area contributed by atoms with E-state index in [1.165, 1.54) is 11.3 Å². The highest BCUT2D eigenvalue weighted by molar-refractivity contribution is 7.09. The number of likely N-dealkylation sites (tertiary alicyclic amines) is 1. The lowest BCUT2D eigenvalue weighted by molar-refractivity contribution is -0.135. The molecule has 2 heterocycles. The maximum absolute atomic E-state index is 12.4. The van der Waals surface area contributed by atoms with E-state index >= 15 is 0 Å². The van der Waals surface area contributed by atoms with Gasteiger partial charge in [-0.25, -0.2) is 0 Å². The molecule has 1 aliphatic rings. The molecule has 1 fully saturated rings. The van der Waals surface area contributed by atoms with Crippen molar-refractivity contribution < 1.29 is 4.79 Å². The van der Waals surface area contributed by atoms with Gasteiger partial charge in [-0.05, 0) is 44.2 Å². The molecule has 1 atom stereocenters. The van der Waals surface area contributed by atoms with Gasteiger partial charge in [-0.15, -0.1) is 11.3 Å². The molecule has 0 saturated carbocycles. The molecule has 106 valence electrons. The molecule has 0 aliphatic carbocycles. The number of likely N-dealkylation sites (N-methyl/N-ethyl adjacent to an activating group) is 1. The van der Waals surface area contributed by atoms with Crippen LogP contribution in [0.5, 0.6) is 0 Å². The molecule has 0 aromatic carbocycles. The summed E-state index contributed by atoms with van der Waals surface area (Å²) in [6, 6.07) is 4.63. The van der Waals surface area contributed by atoms with Gasteiger partial charge in [0.15, 0.2) is 0 Å². The van der Waals surface area contributed by atoms with Gasteiger partial charge in [0.1, 0.15) is 0 Å². The van der Waals surface area contributed by atoms with Crippen molar-refractivity contribution in [2.45, 2.75) is 45.7 Å². The summed E-state index contributed by atoms with van der Waals surface area (Å²) in [4.78, 5) is 18.0. The minimum absolute atomic E-state index is 0.297. The van der Waals surface area contributed by atoms with Crippen LogP contribution in [0.3, 0.4) is 0 Å². The van der Waals surface area contributed by atoms with Crippen molar-refractivity contribution in [2.75, 3.05) is 19.6 Å². The van der Waals surface area contributed by atoms with Crippen LogP contribution in [-0.4, -0.2) is 41.4 Å². The standard InChI is InChI=1S/C15H24N2OS/c1-3-16(11-14-8-6-10-19-14)12-15(18)17-9-5-4-7-13(17)2/h6,8,10,13H,3-5,7,9,11-12H2,1-2H3. The first-order valence-electron chi connectivity index (χ1n) is 7.25. The number of hydrogen-bond acceptors (Lipinski definition) is 3. The lowest BCUT2D eigenvalue weighted by atomic mass is 10.0. The smallest absolute Gasteiger partial charge is 0.236 e. The molecule has 1 unspecified atom stereocenters. The first-order valence-corrected chi connectivity index (χ1v) is 8.13. The zero-order valence-electron chi connectivity index (χ0n) is 12.0. The predicted molar refractivity (Wildman–Crippen MR) is 80.3 cm³/mol. The molecule has 0 N–H and O–H groups in total. The topological polar surface area (TPSA) is 23.6 Å². The second-order valence-corrected chi connectivity index (χ2v) is 6.35. The van der Waals surface area contributed by atoms with Crippen LogP contribution in [0.25, 0.3) is 0 Å². The summed E-state index contributed by atoms with van der Waals surface area (Å²) in [5.74, 6) is 0.297. The van der Waals surface area contributed by atoms with Gasteiger partial charge in [0.05, 0.1) is 6.54 Å². The average molecular weight is 280 g/mol. The molecular weight excluding hydrogens is 256 g/mol. The molecule has 0 bridgehead atoms. The van der Waals surface area contributed by atoms with Crippen molar-refractivity contribution in [1.82, 2.24) is 9.80 Å². The maximum atomic E-state index is 12.4. The highest BCUT2D eigenvalue weighted by atomic mass is 32.1. The second kappa shape index (κ2) is 7.06. The Hall–Kier alpha value is -0.870. The van der Waals surface area contributed by atoms with Crippen molar-refractivity contribution in [3.63, 3.8) is 0 Å². The summed E-state index contributed by atoms with van der Waals surface area (Å²) in [5, 5.41) is 2.09. The van der Waals surface area contributed by atoms with Crippen LogP contribution in [-0.2, 0) is 11.3 Å². The molecule has 1 saturated heterocycles. The minimum Gasteiger partial charge on any atom is -0.339 e. The van der Waals surface area contributed by atoms with Gasteiger partial charge in [-0.3, -0.25) is 9.69 Å². The van der Waals surface area contributed by atoms with E-state index in [0.717, 1.165) is 32.5 Å². The zero-order chi connectivity index (χ0) is 13.7. The Morgan fingerprint density at radius 1 is 1.53 bits per heavy atom. The Balaban J connectivity index is 1.88. The van der Waals surface area contributed by atoms with Crippen molar-refractivity contribution in [1.29, 1.82) is 0 Å². The van der Waals surface area contributed by atoms with Crippen LogP contribution in [0.15, 0.2) is 17.5 Å². The van der Waals surface area contributed by atoms with E-state index in [4.69, 9.17) is 0 Å². The largest absolute Gasteiger partial charge is 0.339 e. The number of nitrogens with zero attached hydrogens (tertiary/aromatic N) is 2. The third kappa shape index (κ3) is 4.05. The highest BCUT2D eigenvalue weighted by Crippen LogP contribution is 2.17. The molecule has 1 aromatic rings. The molecule has 0 spiro atoms. The van der Waals surface area contributed by atoms with Crippen molar-refractivity contribution in [2.24, 2.45) is 0 Å². The van der Waals surface area contributed by atoms with Gasteiger partial charge in [-0.1, -0.05) is 13.0 Å². The average Bonchev–Trinajstić information content (AvgIpc) is 2.91. The summed E-state index contributed by atoms with van der Waals surface area (Å²) in [6.07, 6.45) is 3.58. The first-order chi connectivity index (χ1) is 9.20.